The van der Waals surface area contributed by atoms with Gasteiger partial charge in [0.2, 0.25) is 0 Å². The molecular weight excluding hydrogens is 340 g/mol. The summed E-state index contributed by atoms with van der Waals surface area (Å²) < 4.78 is 0. The summed E-state index contributed by atoms with van der Waals surface area (Å²) in [6.07, 6.45) is 11.0. The van der Waals surface area contributed by atoms with Gasteiger partial charge in [0, 0.05) is 18.5 Å². The monoisotopic (exact) mass is 368 g/mol. The minimum atomic E-state index is -0.618. The fourth-order valence-corrected chi connectivity index (χ4v) is 3.98. The van der Waals surface area contributed by atoms with Crippen molar-refractivity contribution in [1.82, 2.24) is 9.88 Å². The van der Waals surface area contributed by atoms with E-state index in [1.807, 2.05) is 6.92 Å². The quantitative estimate of drug-likeness (QED) is 0.785. The highest BCUT2D eigenvalue weighted by atomic mass is 16.2. The van der Waals surface area contributed by atoms with E-state index < -0.39 is 11.8 Å². The number of amides is 2. The number of aryl methyl sites for hydroxylation is 1. The van der Waals surface area contributed by atoms with Gasteiger partial charge >= 0.3 is 11.8 Å². The van der Waals surface area contributed by atoms with Crippen LogP contribution in [-0.2, 0) is 9.59 Å². The molecule has 1 saturated heterocycles. The molecule has 0 spiro atoms. The number of carbonyl (C=O) groups excluding carboxylic acids is 2. The lowest BCUT2D eigenvalue weighted by atomic mass is 9.78. The fraction of sp³-hybridized carbons (Fsp3) is 0.476. The van der Waals surface area contributed by atoms with Gasteiger partial charge in [-0.15, -0.1) is 0 Å². The highest BCUT2D eigenvalue weighted by molar-refractivity contribution is 6.39. The molecular formula is C21H28N4O2. The number of allylic oxidation sites excluding steroid dienone is 3. The number of hydrogen-bond donors (Lipinski definition) is 2. The van der Waals surface area contributed by atoms with Crippen LogP contribution in [0.1, 0.15) is 38.7 Å². The average Bonchev–Trinajstić information content (AvgIpc) is 2.66. The van der Waals surface area contributed by atoms with Crippen LogP contribution in [0.4, 0.5) is 11.5 Å². The number of likely N-dealkylation sites (tertiary alicyclic amines) is 1. The SMILES string of the molecule is CC1=CC([C@@H]2CCCCN2C(=O)C(=O)Nc2cnc(N)c(C)c2)C(C)C=C1. The van der Waals surface area contributed by atoms with E-state index in [0.717, 1.165) is 24.8 Å². The van der Waals surface area contributed by atoms with Gasteiger partial charge in [-0.05, 0) is 50.7 Å². The Morgan fingerprint density at radius 1 is 1.30 bits per heavy atom. The summed E-state index contributed by atoms with van der Waals surface area (Å²) in [5.41, 5.74) is 8.17. The van der Waals surface area contributed by atoms with E-state index in [2.05, 4.69) is 42.4 Å². The highest BCUT2D eigenvalue weighted by Gasteiger charge is 2.37. The number of anilines is 2. The van der Waals surface area contributed by atoms with Gasteiger partial charge in [-0.1, -0.05) is 30.7 Å². The van der Waals surface area contributed by atoms with E-state index in [4.69, 9.17) is 5.73 Å². The number of nitrogen functional groups attached to an aromatic ring is 1. The standard InChI is InChI=1S/C21H28N4O2/c1-13-7-8-14(2)17(10-13)18-6-4-5-9-25(18)21(27)20(26)24-16-11-15(3)19(22)23-12-16/h7-8,10-12,14,17-18H,4-6,9H2,1-3H3,(H2,22,23)(H,24,26)/t14?,17?,18-/m0/s1. The molecule has 0 aromatic carbocycles. The Bertz CT molecular complexity index is 799. The molecule has 0 radical (unpaired) electrons. The molecule has 1 aromatic heterocycles. The second kappa shape index (κ2) is 7.94. The Kier molecular flexibility index (Phi) is 5.63. The van der Waals surface area contributed by atoms with Crippen molar-refractivity contribution in [2.24, 2.45) is 11.8 Å². The first kappa shape index (κ1) is 19.1. The van der Waals surface area contributed by atoms with Gasteiger partial charge in [0.15, 0.2) is 0 Å². The Hall–Kier alpha value is -2.63. The van der Waals surface area contributed by atoms with Crippen LogP contribution >= 0.6 is 0 Å². The molecule has 144 valence electrons. The minimum absolute atomic E-state index is 0.0539. The average molecular weight is 368 g/mol. The zero-order chi connectivity index (χ0) is 19.6. The molecule has 3 rings (SSSR count). The zero-order valence-corrected chi connectivity index (χ0v) is 16.2. The number of nitrogens with two attached hydrogens (primary N) is 1. The molecule has 27 heavy (non-hydrogen) atoms. The molecule has 0 saturated carbocycles. The molecule has 2 heterocycles. The number of hydrogen-bond acceptors (Lipinski definition) is 4. The predicted molar refractivity (Wildman–Crippen MR) is 107 cm³/mol. The molecule has 2 aliphatic rings. The molecule has 3 N–H and O–H groups in total. The van der Waals surface area contributed by atoms with Crippen molar-refractivity contribution in [1.29, 1.82) is 0 Å². The second-order valence-electron chi connectivity index (χ2n) is 7.65. The molecule has 1 fully saturated rings. The zero-order valence-electron chi connectivity index (χ0n) is 16.2. The smallest absolute Gasteiger partial charge is 0.313 e. The molecule has 0 bridgehead atoms. The van der Waals surface area contributed by atoms with Crippen LogP contribution in [0.25, 0.3) is 0 Å². The minimum Gasteiger partial charge on any atom is -0.383 e. The Balaban J connectivity index is 1.75. The first-order chi connectivity index (χ1) is 12.9. The van der Waals surface area contributed by atoms with Crippen molar-refractivity contribution in [2.45, 2.75) is 46.1 Å². The third-order valence-electron chi connectivity index (χ3n) is 5.55. The molecule has 2 unspecified atom stereocenters. The van der Waals surface area contributed by atoms with E-state index in [9.17, 15) is 9.59 Å². The summed E-state index contributed by atoms with van der Waals surface area (Å²) in [4.78, 5) is 31.3. The van der Waals surface area contributed by atoms with E-state index in [1.165, 1.54) is 11.8 Å². The number of piperidine rings is 1. The molecule has 2 amide bonds. The molecule has 1 aromatic rings. The van der Waals surface area contributed by atoms with E-state index in [0.29, 0.717) is 24.0 Å². The highest BCUT2D eigenvalue weighted by Crippen LogP contribution is 2.33. The first-order valence-corrected chi connectivity index (χ1v) is 9.57. The van der Waals surface area contributed by atoms with Crippen LogP contribution in [0.5, 0.6) is 0 Å². The predicted octanol–water partition coefficient (Wildman–Crippen LogP) is 3.06. The molecule has 3 atom stereocenters. The Labute approximate surface area is 160 Å². The van der Waals surface area contributed by atoms with E-state index >= 15 is 0 Å². The van der Waals surface area contributed by atoms with E-state index in [-0.39, 0.29) is 12.0 Å². The summed E-state index contributed by atoms with van der Waals surface area (Å²) in [6, 6.07) is 1.78. The van der Waals surface area contributed by atoms with Gasteiger partial charge in [0.1, 0.15) is 5.82 Å². The summed E-state index contributed by atoms with van der Waals surface area (Å²) >= 11 is 0. The van der Waals surface area contributed by atoms with Gasteiger partial charge in [-0.3, -0.25) is 9.59 Å². The van der Waals surface area contributed by atoms with Gasteiger partial charge < -0.3 is 16.0 Å². The second-order valence-corrected chi connectivity index (χ2v) is 7.65. The third kappa shape index (κ3) is 4.21. The number of rotatable bonds is 2. The maximum atomic E-state index is 12.9. The van der Waals surface area contributed by atoms with Crippen molar-refractivity contribution < 1.29 is 9.59 Å². The maximum Gasteiger partial charge on any atom is 0.313 e. The molecule has 6 heteroatoms. The number of aromatic nitrogens is 1. The number of pyridine rings is 1. The van der Waals surface area contributed by atoms with Crippen molar-refractivity contribution in [2.75, 3.05) is 17.6 Å². The Morgan fingerprint density at radius 3 is 2.81 bits per heavy atom. The number of carbonyl (C=O) groups is 2. The van der Waals surface area contributed by atoms with Crippen LogP contribution < -0.4 is 11.1 Å². The van der Waals surface area contributed by atoms with Gasteiger partial charge in [0.25, 0.3) is 0 Å². The fourth-order valence-electron chi connectivity index (χ4n) is 3.98. The summed E-state index contributed by atoms with van der Waals surface area (Å²) in [6.45, 7) is 6.68. The van der Waals surface area contributed by atoms with Crippen molar-refractivity contribution in [3.8, 4) is 0 Å². The normalized spacial score (nSPS) is 25.1. The number of nitrogens with zero attached hydrogens (tertiary/aromatic N) is 2. The third-order valence-corrected chi connectivity index (χ3v) is 5.55. The van der Waals surface area contributed by atoms with Crippen molar-refractivity contribution in [3.63, 3.8) is 0 Å². The van der Waals surface area contributed by atoms with Gasteiger partial charge in [-0.25, -0.2) is 4.98 Å². The Morgan fingerprint density at radius 2 is 2.07 bits per heavy atom. The molecule has 1 aliphatic heterocycles. The first-order valence-electron chi connectivity index (χ1n) is 9.57. The maximum absolute atomic E-state index is 12.9. The molecule has 6 nitrogen and oxygen atoms in total. The van der Waals surface area contributed by atoms with Crippen LogP contribution in [0.2, 0.25) is 0 Å². The van der Waals surface area contributed by atoms with Crippen molar-refractivity contribution in [3.05, 3.63) is 41.6 Å². The topological polar surface area (TPSA) is 88.3 Å². The lowest BCUT2D eigenvalue weighted by Crippen LogP contribution is -2.52. The summed E-state index contributed by atoms with van der Waals surface area (Å²) in [7, 11) is 0. The van der Waals surface area contributed by atoms with Gasteiger partial charge in [0.05, 0.1) is 11.9 Å². The van der Waals surface area contributed by atoms with Crippen LogP contribution in [0, 0.1) is 18.8 Å². The van der Waals surface area contributed by atoms with Gasteiger partial charge in [-0.2, -0.15) is 0 Å². The lowest BCUT2D eigenvalue weighted by molar-refractivity contribution is -0.146. The van der Waals surface area contributed by atoms with E-state index in [1.54, 1.807) is 11.0 Å². The largest absolute Gasteiger partial charge is 0.383 e. The lowest BCUT2D eigenvalue weighted by Gasteiger charge is -2.41. The summed E-state index contributed by atoms with van der Waals surface area (Å²) in [5, 5.41) is 2.67. The van der Waals surface area contributed by atoms with Crippen LogP contribution in [-0.4, -0.2) is 34.3 Å². The summed E-state index contributed by atoms with van der Waals surface area (Å²) in [5.74, 6) is -0.0851. The number of nitrogens with one attached hydrogen (secondary N) is 1. The molecule has 1 aliphatic carbocycles. The van der Waals surface area contributed by atoms with Crippen molar-refractivity contribution >= 4 is 23.3 Å². The van der Waals surface area contributed by atoms with Crippen LogP contribution in [0.15, 0.2) is 36.1 Å². The van der Waals surface area contributed by atoms with Crippen LogP contribution in [0.3, 0.4) is 0 Å².